The number of halogens is 1. The number of methoxy groups -OCH3 is 1. The summed E-state index contributed by atoms with van der Waals surface area (Å²) < 4.78 is 6.84. The SMILES string of the molecule is COc1ccc(C(CO)N(C)Cc2c(C)nn(C)c2Cl)cc1. The number of nitrogens with zero attached hydrogens (tertiary/aromatic N) is 3. The summed E-state index contributed by atoms with van der Waals surface area (Å²) >= 11 is 6.29. The van der Waals surface area contributed by atoms with Crippen LogP contribution in [0.4, 0.5) is 0 Å². The molecule has 1 unspecified atom stereocenters. The van der Waals surface area contributed by atoms with Crippen LogP contribution in [-0.2, 0) is 13.6 Å². The standard InChI is InChI=1S/C16H22ClN3O2/c1-11-14(16(17)20(3)18-11)9-19(2)15(10-21)12-5-7-13(22-4)8-6-12/h5-8,15,21H,9-10H2,1-4H3. The van der Waals surface area contributed by atoms with E-state index in [0.29, 0.717) is 11.7 Å². The van der Waals surface area contributed by atoms with Gasteiger partial charge >= 0.3 is 0 Å². The van der Waals surface area contributed by atoms with E-state index in [1.54, 1.807) is 11.8 Å². The molecule has 0 amide bonds. The summed E-state index contributed by atoms with van der Waals surface area (Å²) in [6.45, 7) is 2.59. The summed E-state index contributed by atoms with van der Waals surface area (Å²) in [6.07, 6.45) is 0. The Morgan fingerprint density at radius 1 is 1.36 bits per heavy atom. The van der Waals surface area contributed by atoms with Crippen LogP contribution in [0.3, 0.4) is 0 Å². The first-order valence-corrected chi connectivity index (χ1v) is 7.48. The maximum Gasteiger partial charge on any atom is 0.131 e. The molecule has 1 aromatic heterocycles. The third-order valence-electron chi connectivity index (χ3n) is 3.88. The molecule has 0 fully saturated rings. The molecule has 0 spiro atoms. The first-order chi connectivity index (χ1) is 10.5. The van der Waals surface area contributed by atoms with Crippen molar-refractivity contribution in [2.45, 2.75) is 19.5 Å². The van der Waals surface area contributed by atoms with Gasteiger partial charge in [-0.25, -0.2) is 0 Å². The van der Waals surface area contributed by atoms with Gasteiger partial charge in [0.1, 0.15) is 10.9 Å². The molecule has 0 saturated heterocycles. The van der Waals surface area contributed by atoms with Gasteiger partial charge in [0.25, 0.3) is 0 Å². The number of hydrogen-bond donors (Lipinski definition) is 1. The summed E-state index contributed by atoms with van der Waals surface area (Å²) in [5.41, 5.74) is 2.92. The smallest absolute Gasteiger partial charge is 0.131 e. The third kappa shape index (κ3) is 3.43. The van der Waals surface area contributed by atoms with Crippen LogP contribution >= 0.6 is 11.6 Å². The molecule has 0 saturated carbocycles. The van der Waals surface area contributed by atoms with Crippen molar-refractivity contribution in [1.29, 1.82) is 0 Å². The number of aliphatic hydroxyl groups excluding tert-OH is 1. The predicted molar refractivity (Wildman–Crippen MR) is 87.2 cm³/mol. The van der Waals surface area contributed by atoms with Crippen molar-refractivity contribution in [3.63, 3.8) is 0 Å². The van der Waals surface area contributed by atoms with Crippen LogP contribution in [0.1, 0.15) is 22.9 Å². The molecule has 5 nitrogen and oxygen atoms in total. The van der Waals surface area contributed by atoms with E-state index in [9.17, 15) is 5.11 Å². The maximum absolute atomic E-state index is 9.77. The Morgan fingerprint density at radius 2 is 2.00 bits per heavy atom. The van der Waals surface area contributed by atoms with Gasteiger partial charge in [0.15, 0.2) is 0 Å². The third-order valence-corrected chi connectivity index (χ3v) is 4.36. The first-order valence-electron chi connectivity index (χ1n) is 7.11. The molecule has 6 heteroatoms. The lowest BCUT2D eigenvalue weighted by molar-refractivity contribution is 0.142. The number of aliphatic hydroxyl groups is 1. The molecule has 2 rings (SSSR count). The van der Waals surface area contributed by atoms with E-state index in [2.05, 4.69) is 10.00 Å². The molecule has 1 aromatic carbocycles. The van der Waals surface area contributed by atoms with E-state index < -0.39 is 0 Å². The average Bonchev–Trinajstić information content (AvgIpc) is 2.75. The maximum atomic E-state index is 9.77. The van der Waals surface area contributed by atoms with Gasteiger partial charge in [0.05, 0.1) is 25.5 Å². The minimum atomic E-state index is -0.110. The van der Waals surface area contributed by atoms with E-state index in [4.69, 9.17) is 16.3 Å². The zero-order valence-electron chi connectivity index (χ0n) is 13.4. The van der Waals surface area contributed by atoms with Crippen LogP contribution in [-0.4, -0.2) is 40.6 Å². The largest absolute Gasteiger partial charge is 0.497 e. The van der Waals surface area contributed by atoms with Crippen LogP contribution in [0.15, 0.2) is 24.3 Å². The Kier molecular flexibility index (Phi) is 5.45. The molecular formula is C16H22ClN3O2. The number of aryl methyl sites for hydroxylation is 2. The monoisotopic (exact) mass is 323 g/mol. The molecule has 0 aliphatic rings. The lowest BCUT2D eigenvalue weighted by Crippen LogP contribution is -2.27. The second-order valence-electron chi connectivity index (χ2n) is 5.37. The summed E-state index contributed by atoms with van der Waals surface area (Å²) in [5.74, 6) is 0.800. The molecule has 0 bridgehead atoms. The highest BCUT2D eigenvalue weighted by molar-refractivity contribution is 6.30. The quantitative estimate of drug-likeness (QED) is 0.887. The highest BCUT2D eigenvalue weighted by atomic mass is 35.5. The van der Waals surface area contributed by atoms with Gasteiger partial charge in [0.2, 0.25) is 0 Å². The second-order valence-corrected chi connectivity index (χ2v) is 5.72. The number of aromatic nitrogens is 2. The topological polar surface area (TPSA) is 50.5 Å². The lowest BCUT2D eigenvalue weighted by atomic mass is 10.1. The molecule has 1 N–H and O–H groups in total. The summed E-state index contributed by atoms with van der Waals surface area (Å²) in [6, 6.07) is 7.62. The molecule has 2 aromatic rings. The molecule has 0 radical (unpaired) electrons. The number of benzene rings is 1. The zero-order valence-corrected chi connectivity index (χ0v) is 14.1. The second kappa shape index (κ2) is 7.13. The van der Waals surface area contributed by atoms with Crippen LogP contribution in [0.2, 0.25) is 5.15 Å². The van der Waals surface area contributed by atoms with Crippen LogP contribution in [0.5, 0.6) is 5.75 Å². The van der Waals surface area contributed by atoms with E-state index >= 15 is 0 Å². The zero-order chi connectivity index (χ0) is 16.3. The summed E-state index contributed by atoms with van der Waals surface area (Å²) in [7, 11) is 5.43. The fourth-order valence-corrected chi connectivity index (χ4v) is 2.77. The molecule has 120 valence electrons. The van der Waals surface area contributed by atoms with Crippen LogP contribution in [0.25, 0.3) is 0 Å². The van der Waals surface area contributed by atoms with Crippen molar-refractivity contribution in [3.05, 3.63) is 46.2 Å². The number of ether oxygens (including phenoxy) is 1. The normalized spacial score (nSPS) is 12.7. The van der Waals surface area contributed by atoms with Gasteiger partial charge in [-0.15, -0.1) is 0 Å². The Morgan fingerprint density at radius 3 is 2.45 bits per heavy atom. The van der Waals surface area contributed by atoms with Gasteiger partial charge < -0.3 is 9.84 Å². The predicted octanol–water partition coefficient (Wildman–Crippen LogP) is 2.56. The Labute approximate surface area is 136 Å². The van der Waals surface area contributed by atoms with Gasteiger partial charge in [-0.05, 0) is 31.7 Å². The van der Waals surface area contributed by atoms with Crippen molar-refractivity contribution in [2.24, 2.45) is 7.05 Å². The van der Waals surface area contributed by atoms with Crippen molar-refractivity contribution in [3.8, 4) is 5.75 Å². The summed E-state index contributed by atoms with van der Waals surface area (Å²) in [4.78, 5) is 2.07. The fraction of sp³-hybridized carbons (Fsp3) is 0.438. The number of rotatable bonds is 6. The number of hydrogen-bond acceptors (Lipinski definition) is 4. The molecular weight excluding hydrogens is 302 g/mol. The first kappa shape index (κ1) is 16.8. The minimum absolute atomic E-state index is 0.0275. The van der Waals surface area contributed by atoms with Gasteiger partial charge in [-0.1, -0.05) is 23.7 Å². The molecule has 0 aliphatic heterocycles. The van der Waals surface area contributed by atoms with Gasteiger partial charge in [-0.2, -0.15) is 5.10 Å². The fourth-order valence-electron chi connectivity index (χ4n) is 2.54. The Hall–Kier alpha value is -1.56. The van der Waals surface area contributed by atoms with Crippen LogP contribution < -0.4 is 4.74 Å². The van der Waals surface area contributed by atoms with Crippen molar-refractivity contribution in [1.82, 2.24) is 14.7 Å². The average molecular weight is 324 g/mol. The van der Waals surface area contributed by atoms with E-state index in [-0.39, 0.29) is 12.6 Å². The van der Waals surface area contributed by atoms with E-state index in [1.807, 2.05) is 45.3 Å². The molecule has 0 aliphatic carbocycles. The highest BCUT2D eigenvalue weighted by Gasteiger charge is 2.20. The number of likely N-dealkylation sites (N-methyl/N-ethyl adjacent to an activating group) is 1. The van der Waals surface area contributed by atoms with E-state index in [0.717, 1.165) is 22.6 Å². The highest BCUT2D eigenvalue weighted by Crippen LogP contribution is 2.26. The van der Waals surface area contributed by atoms with E-state index in [1.165, 1.54) is 0 Å². The summed E-state index contributed by atoms with van der Waals surface area (Å²) in [5, 5.41) is 14.7. The van der Waals surface area contributed by atoms with Crippen molar-refractivity contribution >= 4 is 11.6 Å². The lowest BCUT2D eigenvalue weighted by Gasteiger charge is -2.27. The van der Waals surface area contributed by atoms with Gasteiger partial charge in [0, 0.05) is 19.2 Å². The Balaban J connectivity index is 2.19. The Bertz CT molecular complexity index is 625. The van der Waals surface area contributed by atoms with Crippen molar-refractivity contribution in [2.75, 3.05) is 20.8 Å². The van der Waals surface area contributed by atoms with Crippen molar-refractivity contribution < 1.29 is 9.84 Å². The molecule has 22 heavy (non-hydrogen) atoms. The molecule has 1 atom stereocenters. The van der Waals surface area contributed by atoms with Crippen LogP contribution in [0, 0.1) is 6.92 Å². The minimum Gasteiger partial charge on any atom is -0.497 e. The van der Waals surface area contributed by atoms with Gasteiger partial charge in [-0.3, -0.25) is 9.58 Å². The molecule has 1 heterocycles.